The van der Waals surface area contributed by atoms with E-state index in [4.69, 9.17) is 4.42 Å². The highest BCUT2D eigenvalue weighted by atomic mass is 16.5. The molecule has 4 rings (SSSR count). The number of amides is 4. The van der Waals surface area contributed by atoms with Crippen LogP contribution in [0.15, 0.2) is 64.6 Å². The van der Waals surface area contributed by atoms with E-state index in [1.165, 1.54) is 13.2 Å². The molecule has 4 amide bonds. The summed E-state index contributed by atoms with van der Waals surface area (Å²) in [4.78, 5) is 50.4. The largest absolute Gasteiger partial charge is 0.465 e. The molecule has 3 aromatic rings. The third-order valence-electron chi connectivity index (χ3n) is 5.07. The Morgan fingerprint density at radius 3 is 2.27 bits per heavy atom. The minimum atomic E-state index is -0.807. The number of anilines is 1. The Bertz CT molecular complexity index is 1300. The number of carbonyl (C=O) groups excluding carboxylic acids is 4. The Balaban J connectivity index is 1.64. The van der Waals surface area contributed by atoms with Crippen LogP contribution >= 0.6 is 0 Å². The Kier molecular flexibility index (Phi) is 5.66. The van der Waals surface area contributed by atoms with Crippen LogP contribution in [0.4, 0.5) is 10.5 Å². The van der Waals surface area contributed by atoms with E-state index in [2.05, 4.69) is 10.1 Å². The molecule has 0 bridgehead atoms. The van der Waals surface area contributed by atoms with Gasteiger partial charge in [-0.1, -0.05) is 18.2 Å². The molecule has 1 fully saturated rings. The van der Waals surface area contributed by atoms with Crippen LogP contribution in [0, 0.1) is 13.8 Å². The van der Waals surface area contributed by atoms with E-state index >= 15 is 0 Å². The van der Waals surface area contributed by atoms with Gasteiger partial charge in [-0.2, -0.15) is 0 Å². The highest BCUT2D eigenvalue weighted by Crippen LogP contribution is 2.27. The predicted molar refractivity (Wildman–Crippen MR) is 120 cm³/mol. The molecule has 0 atom stereocenters. The maximum absolute atomic E-state index is 13.1. The molecule has 2 heterocycles. The van der Waals surface area contributed by atoms with Gasteiger partial charge in [-0.3, -0.25) is 14.9 Å². The number of hydrogen-bond acceptors (Lipinski definition) is 6. The van der Waals surface area contributed by atoms with Gasteiger partial charge < -0.3 is 9.15 Å². The van der Waals surface area contributed by atoms with E-state index in [9.17, 15) is 19.2 Å². The van der Waals surface area contributed by atoms with Crippen LogP contribution in [-0.2, 0) is 14.3 Å². The molecule has 1 saturated heterocycles. The average Bonchev–Trinajstić information content (AvgIpc) is 3.24. The molecule has 1 aliphatic rings. The molecule has 0 radical (unpaired) electrons. The molecular formula is C25H20N2O6. The molecule has 2 aromatic carbocycles. The molecule has 0 saturated carbocycles. The molecule has 0 unspecified atom stereocenters. The third-order valence-corrected chi connectivity index (χ3v) is 5.07. The molecule has 166 valence electrons. The van der Waals surface area contributed by atoms with Gasteiger partial charge in [-0.15, -0.1) is 0 Å². The summed E-state index contributed by atoms with van der Waals surface area (Å²) in [6.45, 7) is 3.71. The lowest BCUT2D eigenvalue weighted by atomic mass is 10.1. The third kappa shape index (κ3) is 4.31. The van der Waals surface area contributed by atoms with Crippen molar-refractivity contribution in [2.24, 2.45) is 0 Å². The Labute approximate surface area is 189 Å². The van der Waals surface area contributed by atoms with E-state index < -0.39 is 23.8 Å². The van der Waals surface area contributed by atoms with Gasteiger partial charge in [-0.05, 0) is 67.4 Å². The molecule has 8 heteroatoms. The zero-order chi connectivity index (χ0) is 23.7. The second-order valence-corrected chi connectivity index (χ2v) is 7.57. The average molecular weight is 444 g/mol. The van der Waals surface area contributed by atoms with Gasteiger partial charge in [0.2, 0.25) is 0 Å². The number of nitrogens with one attached hydrogen (secondary N) is 1. The standard InChI is InChI=1S/C25H20N2O6/c1-14-10-15(2)12-18(11-14)27-23(29)20(22(28)26-25(27)31)13-19-8-9-21(33-19)16-4-6-17(7-5-16)24(30)32-3/h4-13H,1-3H3,(H,26,28,31)/b20-13+. The fourth-order valence-corrected chi connectivity index (χ4v) is 3.59. The predicted octanol–water partition coefficient (Wildman–Crippen LogP) is 4.02. The van der Waals surface area contributed by atoms with E-state index in [0.717, 1.165) is 16.0 Å². The van der Waals surface area contributed by atoms with Crippen molar-refractivity contribution in [3.63, 3.8) is 0 Å². The van der Waals surface area contributed by atoms with E-state index in [1.807, 2.05) is 19.9 Å². The van der Waals surface area contributed by atoms with Crippen molar-refractivity contribution in [2.45, 2.75) is 13.8 Å². The smallest absolute Gasteiger partial charge is 0.337 e. The van der Waals surface area contributed by atoms with Crippen LogP contribution in [0.5, 0.6) is 0 Å². The molecule has 33 heavy (non-hydrogen) atoms. The number of carbonyl (C=O) groups is 4. The van der Waals surface area contributed by atoms with Crippen LogP contribution < -0.4 is 10.2 Å². The van der Waals surface area contributed by atoms with Crippen molar-refractivity contribution in [2.75, 3.05) is 12.0 Å². The Hall–Kier alpha value is -4.46. The first-order valence-electron chi connectivity index (χ1n) is 10.0. The number of methoxy groups -OCH3 is 1. The highest BCUT2D eigenvalue weighted by molar-refractivity contribution is 6.39. The molecular weight excluding hydrogens is 424 g/mol. The second-order valence-electron chi connectivity index (χ2n) is 7.57. The first-order chi connectivity index (χ1) is 15.8. The lowest BCUT2D eigenvalue weighted by Crippen LogP contribution is -2.54. The van der Waals surface area contributed by atoms with Gasteiger partial charge in [0.1, 0.15) is 17.1 Å². The quantitative estimate of drug-likeness (QED) is 0.370. The summed E-state index contributed by atoms with van der Waals surface area (Å²) >= 11 is 0. The molecule has 0 spiro atoms. The Morgan fingerprint density at radius 2 is 1.64 bits per heavy atom. The number of esters is 1. The van der Waals surface area contributed by atoms with E-state index in [-0.39, 0.29) is 11.3 Å². The zero-order valence-electron chi connectivity index (χ0n) is 18.2. The number of rotatable bonds is 4. The number of ether oxygens (including phenoxy) is 1. The lowest BCUT2D eigenvalue weighted by molar-refractivity contribution is -0.122. The van der Waals surface area contributed by atoms with Crippen LogP contribution in [0.25, 0.3) is 17.4 Å². The Morgan fingerprint density at radius 1 is 0.970 bits per heavy atom. The summed E-state index contributed by atoms with van der Waals surface area (Å²) in [5.41, 5.74) is 2.99. The number of imide groups is 2. The molecule has 1 aliphatic heterocycles. The maximum Gasteiger partial charge on any atom is 0.337 e. The van der Waals surface area contributed by atoms with Gasteiger partial charge in [0.15, 0.2) is 0 Å². The zero-order valence-corrected chi connectivity index (χ0v) is 18.2. The van der Waals surface area contributed by atoms with E-state index in [1.54, 1.807) is 48.5 Å². The SMILES string of the molecule is COC(=O)c1ccc(-c2ccc(/C=C3\C(=O)NC(=O)N(c4cc(C)cc(C)c4)C3=O)o2)cc1. The van der Waals surface area contributed by atoms with Crippen molar-refractivity contribution in [3.8, 4) is 11.3 Å². The fourth-order valence-electron chi connectivity index (χ4n) is 3.59. The maximum atomic E-state index is 13.1. The van der Waals surface area contributed by atoms with Gasteiger partial charge in [0.25, 0.3) is 11.8 Å². The number of urea groups is 1. The molecule has 1 aromatic heterocycles. The summed E-state index contributed by atoms with van der Waals surface area (Å²) in [5, 5.41) is 2.20. The highest BCUT2D eigenvalue weighted by Gasteiger charge is 2.37. The second kappa shape index (κ2) is 8.58. The summed E-state index contributed by atoms with van der Waals surface area (Å²) < 4.78 is 10.5. The molecule has 8 nitrogen and oxygen atoms in total. The number of hydrogen-bond donors (Lipinski definition) is 1. The van der Waals surface area contributed by atoms with Crippen LogP contribution in [0.3, 0.4) is 0 Å². The first-order valence-corrected chi connectivity index (χ1v) is 10.0. The monoisotopic (exact) mass is 444 g/mol. The van der Waals surface area contributed by atoms with Crippen LogP contribution in [0.1, 0.15) is 27.2 Å². The number of barbiturate groups is 1. The van der Waals surface area contributed by atoms with Crippen molar-refractivity contribution in [1.82, 2.24) is 5.32 Å². The normalized spacial score (nSPS) is 15.1. The summed E-state index contributed by atoms with van der Waals surface area (Å²) in [6.07, 6.45) is 1.30. The van der Waals surface area contributed by atoms with Gasteiger partial charge in [0, 0.05) is 5.56 Å². The number of benzene rings is 2. The minimum absolute atomic E-state index is 0.226. The number of nitrogens with zero attached hydrogens (tertiary/aromatic N) is 1. The lowest BCUT2D eigenvalue weighted by Gasteiger charge is -2.26. The summed E-state index contributed by atoms with van der Waals surface area (Å²) in [5.74, 6) is -1.25. The first kappa shape index (κ1) is 21.8. The van der Waals surface area contributed by atoms with Gasteiger partial charge in [0.05, 0.1) is 18.4 Å². The van der Waals surface area contributed by atoms with Gasteiger partial charge >= 0.3 is 12.0 Å². The van der Waals surface area contributed by atoms with E-state index in [0.29, 0.717) is 22.6 Å². The van der Waals surface area contributed by atoms with Crippen molar-refractivity contribution in [1.29, 1.82) is 0 Å². The molecule has 0 aliphatic carbocycles. The van der Waals surface area contributed by atoms with Crippen LogP contribution in [-0.4, -0.2) is 30.9 Å². The fraction of sp³-hybridized carbons (Fsp3) is 0.120. The van der Waals surface area contributed by atoms with Gasteiger partial charge in [-0.25, -0.2) is 14.5 Å². The topological polar surface area (TPSA) is 106 Å². The summed E-state index contributed by atoms with van der Waals surface area (Å²) in [7, 11) is 1.31. The van der Waals surface area contributed by atoms with Crippen molar-refractivity contribution in [3.05, 3.63) is 82.6 Å². The number of aryl methyl sites for hydroxylation is 2. The number of furan rings is 1. The van der Waals surface area contributed by atoms with Crippen LogP contribution in [0.2, 0.25) is 0 Å². The summed E-state index contributed by atoms with van der Waals surface area (Å²) in [6, 6.07) is 14.4. The van der Waals surface area contributed by atoms with Crippen molar-refractivity contribution >= 4 is 35.6 Å². The minimum Gasteiger partial charge on any atom is -0.465 e. The molecule has 1 N–H and O–H groups in total. The van der Waals surface area contributed by atoms with Crippen molar-refractivity contribution < 1.29 is 28.3 Å².